The zero-order valence-electron chi connectivity index (χ0n) is 11.9. The van der Waals surface area contributed by atoms with Gasteiger partial charge in [-0.25, -0.2) is 26.0 Å². The van der Waals surface area contributed by atoms with Gasteiger partial charge in [0.1, 0.15) is 0 Å². The van der Waals surface area contributed by atoms with Crippen molar-refractivity contribution < 1.29 is 30.8 Å². The molecular formula is C14H13F4NO3S. The number of rotatable bonds is 3. The average Bonchev–Trinajstić information content (AvgIpc) is 3.24. The molecule has 4 nitrogen and oxygen atoms in total. The molecule has 0 radical (unpaired) electrons. The molecule has 1 aliphatic carbocycles. The summed E-state index contributed by atoms with van der Waals surface area (Å²) in [4.78, 5) is 13.7. The molecule has 1 saturated heterocycles. The zero-order valence-corrected chi connectivity index (χ0v) is 12.7. The molecule has 1 heterocycles. The van der Waals surface area contributed by atoms with Crippen molar-refractivity contribution in [3.05, 3.63) is 34.9 Å². The third kappa shape index (κ3) is 2.93. The van der Waals surface area contributed by atoms with E-state index in [4.69, 9.17) is 0 Å². The number of hydrogen-bond acceptors (Lipinski definition) is 3. The minimum Gasteiger partial charge on any atom is -0.332 e. The maximum Gasteiger partial charge on any atom is 0.257 e. The van der Waals surface area contributed by atoms with E-state index in [1.54, 1.807) is 0 Å². The van der Waals surface area contributed by atoms with Gasteiger partial charge in [0, 0.05) is 12.1 Å². The molecule has 0 N–H and O–H groups in total. The predicted octanol–water partition coefficient (Wildman–Crippen LogP) is 2.03. The van der Waals surface area contributed by atoms with Crippen LogP contribution in [-0.2, 0) is 9.84 Å². The minimum atomic E-state index is -3.29. The SMILES string of the molecule is O=C(c1cc(F)c(F)c(F)c1F)N(C1CC1)C1CCS(=O)(=O)C1. The Hall–Kier alpha value is -1.64. The van der Waals surface area contributed by atoms with E-state index < -0.39 is 50.6 Å². The lowest BCUT2D eigenvalue weighted by molar-refractivity contribution is 0.0673. The largest absolute Gasteiger partial charge is 0.332 e. The van der Waals surface area contributed by atoms with Crippen LogP contribution in [0.1, 0.15) is 29.6 Å². The van der Waals surface area contributed by atoms with E-state index in [9.17, 15) is 30.8 Å². The Bertz CT molecular complexity index is 777. The number of carbonyl (C=O) groups is 1. The predicted molar refractivity (Wildman–Crippen MR) is 72.5 cm³/mol. The molecule has 1 aromatic rings. The van der Waals surface area contributed by atoms with E-state index in [0.717, 1.165) is 0 Å². The van der Waals surface area contributed by atoms with Gasteiger partial charge in [-0.3, -0.25) is 4.79 Å². The van der Waals surface area contributed by atoms with Crippen LogP contribution < -0.4 is 0 Å². The topological polar surface area (TPSA) is 54.5 Å². The van der Waals surface area contributed by atoms with Gasteiger partial charge < -0.3 is 4.90 Å². The molecular weight excluding hydrogens is 338 g/mol. The maximum absolute atomic E-state index is 13.8. The number of carbonyl (C=O) groups excluding carboxylic acids is 1. The normalized spacial score (nSPS) is 23.0. The monoisotopic (exact) mass is 351 g/mol. The molecule has 1 unspecified atom stereocenters. The van der Waals surface area contributed by atoms with Gasteiger partial charge in [0.05, 0.1) is 17.1 Å². The van der Waals surface area contributed by atoms with Gasteiger partial charge >= 0.3 is 0 Å². The first-order valence-corrected chi connectivity index (χ1v) is 8.89. The first kappa shape index (κ1) is 16.2. The van der Waals surface area contributed by atoms with Crippen molar-refractivity contribution in [3.63, 3.8) is 0 Å². The second kappa shape index (κ2) is 5.47. The molecule has 2 fully saturated rings. The van der Waals surface area contributed by atoms with Gasteiger partial charge in [0.2, 0.25) is 0 Å². The van der Waals surface area contributed by atoms with Crippen LogP contribution in [0.4, 0.5) is 17.6 Å². The highest BCUT2D eigenvalue weighted by Crippen LogP contribution is 2.34. The van der Waals surface area contributed by atoms with Gasteiger partial charge in [-0.05, 0) is 25.3 Å². The lowest BCUT2D eigenvalue weighted by Gasteiger charge is -2.28. The summed E-state index contributed by atoms with van der Waals surface area (Å²) < 4.78 is 76.7. The lowest BCUT2D eigenvalue weighted by atomic mass is 10.1. The fraction of sp³-hybridized carbons (Fsp3) is 0.500. The number of sulfone groups is 1. The number of halogens is 4. The van der Waals surface area contributed by atoms with Crippen LogP contribution in [0.3, 0.4) is 0 Å². The molecule has 1 aromatic carbocycles. The van der Waals surface area contributed by atoms with Crippen LogP contribution in [0, 0.1) is 23.3 Å². The summed E-state index contributed by atoms with van der Waals surface area (Å²) in [6, 6.07) is -0.624. The van der Waals surface area contributed by atoms with E-state index in [1.807, 2.05) is 0 Å². The van der Waals surface area contributed by atoms with Crippen molar-refractivity contribution in [1.29, 1.82) is 0 Å². The Balaban J connectivity index is 1.97. The fourth-order valence-corrected chi connectivity index (χ4v) is 4.56. The first-order chi connectivity index (χ1) is 10.7. The second-order valence-electron chi connectivity index (χ2n) is 5.85. The Morgan fingerprint density at radius 1 is 1.00 bits per heavy atom. The van der Waals surface area contributed by atoms with Crippen molar-refractivity contribution in [1.82, 2.24) is 4.90 Å². The Kier molecular flexibility index (Phi) is 3.86. The Morgan fingerprint density at radius 2 is 1.65 bits per heavy atom. The molecule has 2 aliphatic rings. The van der Waals surface area contributed by atoms with E-state index in [0.29, 0.717) is 18.9 Å². The van der Waals surface area contributed by atoms with Crippen LogP contribution in [0.25, 0.3) is 0 Å². The summed E-state index contributed by atoms with van der Waals surface area (Å²) in [5.74, 6) is -8.83. The molecule has 9 heteroatoms. The molecule has 3 rings (SSSR count). The maximum atomic E-state index is 13.8. The number of amides is 1. The van der Waals surface area contributed by atoms with Crippen molar-refractivity contribution in [2.75, 3.05) is 11.5 Å². The quantitative estimate of drug-likeness (QED) is 0.476. The summed E-state index contributed by atoms with van der Waals surface area (Å²) in [5, 5.41) is 0. The highest BCUT2D eigenvalue weighted by atomic mass is 32.2. The van der Waals surface area contributed by atoms with E-state index >= 15 is 0 Å². The van der Waals surface area contributed by atoms with Crippen LogP contribution in [-0.4, -0.2) is 42.8 Å². The zero-order chi connectivity index (χ0) is 16.9. The van der Waals surface area contributed by atoms with E-state index in [2.05, 4.69) is 0 Å². The molecule has 0 spiro atoms. The summed E-state index contributed by atoms with van der Waals surface area (Å²) in [5.41, 5.74) is -0.919. The van der Waals surface area contributed by atoms with Crippen LogP contribution in [0.2, 0.25) is 0 Å². The second-order valence-corrected chi connectivity index (χ2v) is 8.08. The van der Waals surface area contributed by atoms with Crippen molar-refractivity contribution in [2.24, 2.45) is 0 Å². The van der Waals surface area contributed by atoms with Gasteiger partial charge in [-0.2, -0.15) is 0 Å². The summed E-state index contributed by atoms with van der Waals surface area (Å²) >= 11 is 0. The third-order valence-corrected chi connectivity index (χ3v) is 5.86. The number of hydrogen-bond donors (Lipinski definition) is 0. The van der Waals surface area contributed by atoms with E-state index in [-0.39, 0.29) is 24.0 Å². The van der Waals surface area contributed by atoms with Gasteiger partial charge in [-0.15, -0.1) is 0 Å². The first-order valence-electron chi connectivity index (χ1n) is 7.07. The number of benzene rings is 1. The molecule has 1 atom stereocenters. The summed E-state index contributed by atoms with van der Waals surface area (Å²) in [7, 11) is -3.29. The minimum absolute atomic E-state index is 0.0945. The third-order valence-electron chi connectivity index (χ3n) is 4.11. The smallest absolute Gasteiger partial charge is 0.257 e. The summed E-state index contributed by atoms with van der Waals surface area (Å²) in [6.45, 7) is 0. The molecule has 126 valence electrons. The Morgan fingerprint density at radius 3 is 2.17 bits per heavy atom. The lowest BCUT2D eigenvalue weighted by Crippen LogP contribution is -2.43. The highest BCUT2D eigenvalue weighted by Gasteiger charge is 2.43. The van der Waals surface area contributed by atoms with Crippen molar-refractivity contribution in [3.8, 4) is 0 Å². The molecule has 1 saturated carbocycles. The fourth-order valence-electron chi connectivity index (χ4n) is 2.84. The average molecular weight is 351 g/mol. The van der Waals surface area contributed by atoms with Gasteiger partial charge in [0.25, 0.3) is 5.91 Å². The molecule has 0 aromatic heterocycles. The highest BCUT2D eigenvalue weighted by molar-refractivity contribution is 7.91. The molecule has 1 aliphatic heterocycles. The van der Waals surface area contributed by atoms with Gasteiger partial charge in [-0.1, -0.05) is 0 Å². The van der Waals surface area contributed by atoms with Crippen molar-refractivity contribution >= 4 is 15.7 Å². The van der Waals surface area contributed by atoms with Crippen LogP contribution in [0.5, 0.6) is 0 Å². The summed E-state index contributed by atoms with van der Waals surface area (Å²) in [6.07, 6.45) is 1.41. The van der Waals surface area contributed by atoms with Gasteiger partial charge in [0.15, 0.2) is 33.1 Å². The van der Waals surface area contributed by atoms with Crippen molar-refractivity contribution in [2.45, 2.75) is 31.3 Å². The van der Waals surface area contributed by atoms with E-state index in [1.165, 1.54) is 4.90 Å². The molecule has 23 heavy (non-hydrogen) atoms. The molecule has 0 bridgehead atoms. The number of nitrogens with zero attached hydrogens (tertiary/aromatic N) is 1. The Labute approximate surface area is 130 Å². The van der Waals surface area contributed by atoms with Crippen LogP contribution in [0.15, 0.2) is 6.07 Å². The molecule has 1 amide bonds. The standard InChI is InChI=1S/C14H13F4NO3S/c15-10-5-9(11(16)13(18)12(10)17)14(20)19(7-1-2-7)8-3-4-23(21,22)6-8/h5,7-8H,1-4,6H2. The van der Waals surface area contributed by atoms with Crippen LogP contribution >= 0.6 is 0 Å².